The zero-order valence-corrected chi connectivity index (χ0v) is 15.1. The zero-order valence-electron chi connectivity index (χ0n) is 10.8. The van der Waals surface area contributed by atoms with Crippen LogP contribution in [0.3, 0.4) is 0 Å². The number of anilines is 1. The van der Waals surface area contributed by atoms with E-state index in [1.54, 1.807) is 24.3 Å². The topological polar surface area (TPSA) is 66.4 Å². The van der Waals surface area contributed by atoms with Gasteiger partial charge in [-0.3, -0.25) is 9.59 Å². The second kappa shape index (κ2) is 7.21. The number of carbonyl (C=O) groups is 2. The summed E-state index contributed by atoms with van der Waals surface area (Å²) in [5.74, 6) is -1.05. The monoisotopic (exact) mass is 507 g/mol. The molecule has 0 atom stereocenters. The minimum absolute atomic E-state index is 0.0248. The molecule has 4 nitrogen and oxygen atoms in total. The number of amides is 1. The molecule has 0 aliphatic rings. The van der Waals surface area contributed by atoms with Gasteiger partial charge in [-0.25, -0.2) is 0 Å². The second-order valence-corrected chi connectivity index (χ2v) is 6.75. The van der Waals surface area contributed by atoms with Gasteiger partial charge in [0.05, 0.1) is 12.0 Å². The van der Waals surface area contributed by atoms with E-state index in [4.69, 9.17) is 5.11 Å². The molecule has 0 aliphatic heterocycles. The summed E-state index contributed by atoms with van der Waals surface area (Å²) in [6.45, 7) is 0. The van der Waals surface area contributed by atoms with E-state index in [1.165, 1.54) is 0 Å². The van der Waals surface area contributed by atoms with Crippen molar-refractivity contribution in [3.63, 3.8) is 0 Å². The lowest BCUT2D eigenvalue weighted by Crippen LogP contribution is -2.13. The fourth-order valence-corrected chi connectivity index (χ4v) is 2.82. The number of rotatable bonds is 4. The summed E-state index contributed by atoms with van der Waals surface area (Å²) in [6, 6.07) is 12.5. The molecule has 0 aromatic heterocycles. The van der Waals surface area contributed by atoms with E-state index >= 15 is 0 Å². The van der Waals surface area contributed by atoms with Gasteiger partial charge in [0, 0.05) is 12.8 Å². The fourth-order valence-electron chi connectivity index (χ4n) is 1.75. The van der Waals surface area contributed by atoms with Crippen LogP contribution in [0.5, 0.6) is 0 Å². The van der Waals surface area contributed by atoms with E-state index in [0.717, 1.165) is 7.14 Å². The van der Waals surface area contributed by atoms with E-state index in [9.17, 15) is 9.59 Å². The quantitative estimate of drug-likeness (QED) is 0.620. The van der Waals surface area contributed by atoms with E-state index in [1.807, 2.05) is 18.2 Å². The lowest BCUT2D eigenvalue weighted by molar-refractivity contribution is -0.136. The Kier molecular flexibility index (Phi) is 5.57. The van der Waals surface area contributed by atoms with Crippen LogP contribution in [0.2, 0.25) is 0 Å². The average Bonchev–Trinajstić information content (AvgIpc) is 2.43. The molecule has 6 heteroatoms. The number of carbonyl (C=O) groups excluding carboxylic acids is 1. The van der Waals surface area contributed by atoms with Crippen LogP contribution in [0, 0.1) is 7.14 Å². The molecule has 0 radical (unpaired) electrons. The number of carboxylic acids is 1. The molecular weight excluding hydrogens is 496 g/mol. The standard InChI is InChI=1S/C15H11I2NO3/c16-10-3-6-13(17)12(8-10)15(21)18-11-4-1-9(2-5-11)7-14(19)20/h1-6,8H,7H2,(H,18,21)(H,19,20). The highest BCUT2D eigenvalue weighted by Crippen LogP contribution is 2.18. The van der Waals surface area contributed by atoms with Gasteiger partial charge in [-0.2, -0.15) is 0 Å². The normalized spacial score (nSPS) is 10.2. The van der Waals surface area contributed by atoms with Crippen molar-refractivity contribution in [2.75, 3.05) is 5.32 Å². The lowest BCUT2D eigenvalue weighted by Gasteiger charge is -2.08. The molecule has 0 spiro atoms. The van der Waals surface area contributed by atoms with Gasteiger partial charge >= 0.3 is 5.97 Å². The Bertz CT molecular complexity index is 684. The number of aliphatic carboxylic acids is 1. The van der Waals surface area contributed by atoms with Crippen molar-refractivity contribution < 1.29 is 14.7 Å². The molecule has 2 N–H and O–H groups in total. The Morgan fingerprint density at radius 1 is 1.05 bits per heavy atom. The van der Waals surface area contributed by atoms with Crippen molar-refractivity contribution in [2.24, 2.45) is 0 Å². The van der Waals surface area contributed by atoms with Gasteiger partial charge in [-0.05, 0) is 81.1 Å². The molecule has 0 unspecified atom stereocenters. The van der Waals surface area contributed by atoms with Crippen LogP contribution >= 0.6 is 45.2 Å². The molecular formula is C15H11I2NO3. The van der Waals surface area contributed by atoms with Gasteiger partial charge in [0.15, 0.2) is 0 Å². The number of nitrogens with one attached hydrogen (secondary N) is 1. The fraction of sp³-hybridized carbons (Fsp3) is 0.0667. The summed E-state index contributed by atoms with van der Waals surface area (Å²) in [4.78, 5) is 22.9. The van der Waals surface area contributed by atoms with E-state index < -0.39 is 5.97 Å². The van der Waals surface area contributed by atoms with Gasteiger partial charge in [0.1, 0.15) is 0 Å². The van der Waals surface area contributed by atoms with Crippen molar-refractivity contribution in [3.8, 4) is 0 Å². The van der Waals surface area contributed by atoms with Crippen LogP contribution in [0.1, 0.15) is 15.9 Å². The molecule has 21 heavy (non-hydrogen) atoms. The Hall–Kier alpha value is -1.16. The van der Waals surface area contributed by atoms with Crippen LogP contribution in [0.15, 0.2) is 42.5 Å². The minimum atomic E-state index is -0.875. The van der Waals surface area contributed by atoms with Gasteiger partial charge in [-0.1, -0.05) is 12.1 Å². The third-order valence-corrected chi connectivity index (χ3v) is 4.35. The van der Waals surface area contributed by atoms with Crippen molar-refractivity contribution >= 4 is 62.7 Å². The average molecular weight is 507 g/mol. The van der Waals surface area contributed by atoms with E-state index in [-0.39, 0.29) is 12.3 Å². The van der Waals surface area contributed by atoms with Crippen molar-refractivity contribution in [1.29, 1.82) is 0 Å². The third kappa shape index (κ3) is 4.67. The summed E-state index contributed by atoms with van der Waals surface area (Å²) >= 11 is 4.29. The predicted octanol–water partition coefficient (Wildman–Crippen LogP) is 3.78. The summed E-state index contributed by atoms with van der Waals surface area (Å²) in [7, 11) is 0. The molecule has 1 amide bonds. The first kappa shape index (κ1) is 16.2. The van der Waals surface area contributed by atoms with Crippen LogP contribution < -0.4 is 5.32 Å². The highest BCUT2D eigenvalue weighted by atomic mass is 127. The van der Waals surface area contributed by atoms with Gasteiger partial charge in [0.25, 0.3) is 5.91 Å². The summed E-state index contributed by atoms with van der Waals surface area (Å²) in [5.41, 5.74) is 1.96. The first-order valence-electron chi connectivity index (χ1n) is 6.03. The molecule has 0 aliphatic carbocycles. The number of halogens is 2. The maximum atomic E-state index is 12.2. The maximum Gasteiger partial charge on any atom is 0.307 e. The first-order chi connectivity index (χ1) is 9.95. The van der Waals surface area contributed by atoms with E-state index in [0.29, 0.717) is 16.8 Å². The highest BCUT2D eigenvalue weighted by Gasteiger charge is 2.11. The molecule has 0 bridgehead atoms. The molecule has 0 saturated carbocycles. The Labute approximate surface area is 149 Å². The smallest absolute Gasteiger partial charge is 0.307 e. The van der Waals surface area contributed by atoms with Crippen molar-refractivity contribution in [1.82, 2.24) is 0 Å². The van der Waals surface area contributed by atoms with Crippen molar-refractivity contribution in [3.05, 3.63) is 60.7 Å². The first-order valence-corrected chi connectivity index (χ1v) is 8.18. The number of benzene rings is 2. The molecule has 0 fully saturated rings. The molecule has 108 valence electrons. The lowest BCUT2D eigenvalue weighted by atomic mass is 10.1. The van der Waals surface area contributed by atoms with Crippen LogP contribution in [0.4, 0.5) is 5.69 Å². The number of hydrogen-bond acceptors (Lipinski definition) is 2. The Morgan fingerprint density at radius 2 is 1.71 bits per heavy atom. The van der Waals surface area contributed by atoms with Crippen LogP contribution in [-0.2, 0) is 11.2 Å². The molecule has 0 heterocycles. The molecule has 2 rings (SSSR count). The van der Waals surface area contributed by atoms with Crippen molar-refractivity contribution in [2.45, 2.75) is 6.42 Å². The SMILES string of the molecule is O=C(O)Cc1ccc(NC(=O)c2cc(I)ccc2I)cc1. The van der Waals surface area contributed by atoms with Gasteiger partial charge < -0.3 is 10.4 Å². The van der Waals surface area contributed by atoms with E-state index in [2.05, 4.69) is 50.5 Å². The second-order valence-electron chi connectivity index (χ2n) is 4.35. The van der Waals surface area contributed by atoms with Crippen LogP contribution in [0.25, 0.3) is 0 Å². The number of hydrogen-bond donors (Lipinski definition) is 2. The van der Waals surface area contributed by atoms with Gasteiger partial charge in [-0.15, -0.1) is 0 Å². The zero-order chi connectivity index (χ0) is 15.4. The van der Waals surface area contributed by atoms with Crippen LogP contribution in [-0.4, -0.2) is 17.0 Å². The minimum Gasteiger partial charge on any atom is -0.481 e. The maximum absolute atomic E-state index is 12.2. The molecule has 2 aromatic rings. The van der Waals surface area contributed by atoms with Gasteiger partial charge in [0.2, 0.25) is 0 Å². The molecule has 0 saturated heterocycles. The summed E-state index contributed by atoms with van der Waals surface area (Å²) < 4.78 is 1.88. The summed E-state index contributed by atoms with van der Waals surface area (Å²) in [5, 5.41) is 11.5. The molecule has 2 aromatic carbocycles. The number of carboxylic acid groups (broad SMARTS) is 1. The highest BCUT2D eigenvalue weighted by molar-refractivity contribution is 14.1. The largest absolute Gasteiger partial charge is 0.481 e. The predicted molar refractivity (Wildman–Crippen MR) is 97.6 cm³/mol. The Morgan fingerprint density at radius 3 is 2.33 bits per heavy atom. The third-order valence-electron chi connectivity index (χ3n) is 2.74. The Balaban J connectivity index is 2.12. The summed E-state index contributed by atoms with van der Waals surface area (Å²) in [6.07, 6.45) is -0.0248.